The van der Waals surface area contributed by atoms with Crippen molar-refractivity contribution in [1.82, 2.24) is 0 Å². The fourth-order valence-electron chi connectivity index (χ4n) is 1.34. The highest BCUT2D eigenvalue weighted by molar-refractivity contribution is 6.71. The molecule has 22 heavy (non-hydrogen) atoms. The first-order valence-electron chi connectivity index (χ1n) is 6.55. The van der Waals surface area contributed by atoms with Crippen LogP contribution in [0.15, 0.2) is 0 Å². The van der Waals surface area contributed by atoms with Crippen LogP contribution in [0, 0.1) is 0 Å². The molecule has 8 nitrogen and oxygen atoms in total. The van der Waals surface area contributed by atoms with Crippen molar-refractivity contribution in [2.45, 2.75) is 51.5 Å². The molecule has 126 valence electrons. The second kappa shape index (κ2) is 8.08. The van der Waals surface area contributed by atoms with Crippen LogP contribution in [0.5, 0.6) is 0 Å². The van der Waals surface area contributed by atoms with Gasteiger partial charge in [-0.1, -0.05) is 0 Å². The summed E-state index contributed by atoms with van der Waals surface area (Å²) in [5.74, 6) is -1.91. The number of hydrogen-bond acceptors (Lipinski definition) is 8. The molecule has 0 aromatic carbocycles. The van der Waals surface area contributed by atoms with Crippen molar-refractivity contribution in [3.8, 4) is 0 Å². The Morgan fingerprint density at radius 2 is 1.00 bits per heavy atom. The molecule has 0 aromatic rings. The largest absolute Gasteiger partial charge is 0.517 e. The Morgan fingerprint density at radius 3 is 1.18 bits per heavy atom. The Labute approximate surface area is 131 Å². The Kier molecular flexibility index (Phi) is 7.46. The van der Waals surface area contributed by atoms with Gasteiger partial charge >= 0.3 is 11.9 Å². The normalized spacial score (nSPS) is 14.3. The lowest BCUT2D eigenvalue weighted by atomic mass is 10.2. The van der Waals surface area contributed by atoms with E-state index in [2.05, 4.69) is 9.47 Å². The third kappa shape index (κ3) is 7.93. The summed E-state index contributed by atoms with van der Waals surface area (Å²) < 4.78 is 19.6. The van der Waals surface area contributed by atoms with E-state index >= 15 is 0 Å². The van der Waals surface area contributed by atoms with Gasteiger partial charge in [0.2, 0.25) is 28.8 Å². The summed E-state index contributed by atoms with van der Waals surface area (Å²) in [7, 11) is -4.59. The molecule has 0 spiro atoms. The summed E-state index contributed by atoms with van der Waals surface area (Å²) >= 11 is 0. The Morgan fingerprint density at radius 1 is 0.727 bits per heavy atom. The predicted molar refractivity (Wildman–Crippen MR) is 80.8 cm³/mol. The number of carbonyl (C=O) groups excluding carboxylic acids is 4. The molecule has 2 atom stereocenters. The molecule has 0 fully saturated rings. The highest BCUT2D eigenvalue weighted by atomic mass is 28.4. The summed E-state index contributed by atoms with van der Waals surface area (Å²) in [6, 6.07) is 0. The molecule has 0 bridgehead atoms. The van der Waals surface area contributed by atoms with Crippen LogP contribution in [0.4, 0.5) is 0 Å². The molecule has 0 aromatic heterocycles. The lowest BCUT2D eigenvalue weighted by Crippen LogP contribution is -2.49. The second-order valence-corrected chi connectivity index (χ2v) is 15.2. The minimum absolute atomic E-state index is 0.0148. The monoisotopic (exact) mass is 350 g/mol. The van der Waals surface area contributed by atoms with Crippen LogP contribution in [0.3, 0.4) is 0 Å². The van der Waals surface area contributed by atoms with Gasteiger partial charge in [0.05, 0.1) is 0 Å². The van der Waals surface area contributed by atoms with E-state index < -0.39 is 40.8 Å². The molecule has 0 amide bonds. The van der Waals surface area contributed by atoms with E-state index in [0.717, 1.165) is 0 Å². The van der Waals surface area contributed by atoms with Crippen LogP contribution in [-0.2, 0) is 37.5 Å². The lowest BCUT2D eigenvalue weighted by Gasteiger charge is -2.27. The maximum atomic E-state index is 12.1. The third-order valence-electron chi connectivity index (χ3n) is 1.96. The molecular weight excluding hydrogens is 328 g/mol. The lowest BCUT2D eigenvalue weighted by molar-refractivity contribution is -0.177. The number of ether oxygens (including phenoxy) is 2. The van der Waals surface area contributed by atoms with Crippen molar-refractivity contribution in [3.05, 3.63) is 0 Å². The molecule has 0 aliphatic carbocycles. The van der Waals surface area contributed by atoms with Crippen LogP contribution >= 0.6 is 0 Å². The van der Waals surface area contributed by atoms with Gasteiger partial charge in [0.1, 0.15) is 0 Å². The highest BCUT2D eigenvalue weighted by Crippen LogP contribution is 2.14. The molecular formula is C12H22O8Si2. The van der Waals surface area contributed by atoms with Gasteiger partial charge in [-0.25, -0.2) is 9.59 Å². The SMILES string of the molecule is C[Si](C)(C)OC(=O)C(OC=O)C(OC=O)C(=O)O[Si](C)(C)C. The predicted octanol–water partition coefficient (Wildman–Crippen LogP) is 0.826. The van der Waals surface area contributed by atoms with Crippen molar-refractivity contribution in [2.75, 3.05) is 0 Å². The van der Waals surface area contributed by atoms with E-state index in [0.29, 0.717) is 0 Å². The third-order valence-corrected chi connectivity index (χ3v) is 3.58. The number of hydrogen-bond donors (Lipinski definition) is 0. The topological polar surface area (TPSA) is 105 Å². The average molecular weight is 350 g/mol. The molecule has 0 rings (SSSR count). The fourth-order valence-corrected chi connectivity index (χ4v) is 2.78. The minimum Gasteiger partial charge on any atom is -0.517 e. The zero-order chi connectivity index (χ0) is 17.6. The van der Waals surface area contributed by atoms with Crippen molar-refractivity contribution in [1.29, 1.82) is 0 Å². The molecule has 0 saturated heterocycles. The zero-order valence-electron chi connectivity index (χ0n) is 13.6. The quantitative estimate of drug-likeness (QED) is 0.445. The Bertz CT molecular complexity index is 384. The average Bonchev–Trinajstić information content (AvgIpc) is 2.29. The van der Waals surface area contributed by atoms with Gasteiger partial charge in [-0.3, -0.25) is 9.59 Å². The van der Waals surface area contributed by atoms with Crippen LogP contribution in [0.25, 0.3) is 0 Å². The summed E-state index contributed by atoms with van der Waals surface area (Å²) in [5.41, 5.74) is 0. The first kappa shape index (κ1) is 20.3. The van der Waals surface area contributed by atoms with E-state index in [9.17, 15) is 19.2 Å². The van der Waals surface area contributed by atoms with Crippen molar-refractivity contribution in [2.24, 2.45) is 0 Å². The fraction of sp³-hybridized carbons (Fsp3) is 0.667. The van der Waals surface area contributed by atoms with Crippen molar-refractivity contribution < 1.29 is 37.5 Å². The maximum Gasteiger partial charge on any atom is 0.338 e. The summed E-state index contributed by atoms with van der Waals surface area (Å²) in [6.45, 7) is 10.4. The van der Waals surface area contributed by atoms with Crippen LogP contribution < -0.4 is 0 Å². The van der Waals surface area contributed by atoms with Crippen LogP contribution in [0.1, 0.15) is 0 Å². The molecule has 0 radical (unpaired) electrons. The van der Waals surface area contributed by atoms with E-state index in [1.54, 1.807) is 39.3 Å². The van der Waals surface area contributed by atoms with Crippen LogP contribution in [-0.4, -0.2) is 53.7 Å². The van der Waals surface area contributed by atoms with E-state index in [4.69, 9.17) is 8.85 Å². The summed E-state index contributed by atoms with van der Waals surface area (Å²) in [5, 5.41) is 0. The molecule has 0 N–H and O–H groups in total. The van der Waals surface area contributed by atoms with Gasteiger partial charge in [-0.2, -0.15) is 0 Å². The van der Waals surface area contributed by atoms with Gasteiger partial charge in [0, 0.05) is 0 Å². The van der Waals surface area contributed by atoms with Crippen LogP contribution in [0.2, 0.25) is 39.3 Å². The first-order chi connectivity index (χ1) is 9.91. The number of rotatable bonds is 9. The summed E-state index contributed by atoms with van der Waals surface area (Å²) in [6.07, 6.45) is -3.39. The molecule has 10 heteroatoms. The van der Waals surface area contributed by atoms with E-state index in [-0.39, 0.29) is 12.9 Å². The molecule has 0 aliphatic heterocycles. The van der Waals surface area contributed by atoms with E-state index in [1.165, 1.54) is 0 Å². The first-order valence-corrected chi connectivity index (χ1v) is 13.4. The minimum atomic E-state index is -2.30. The van der Waals surface area contributed by atoms with Crippen molar-refractivity contribution in [3.63, 3.8) is 0 Å². The number of carbonyl (C=O) groups is 4. The van der Waals surface area contributed by atoms with Gasteiger partial charge in [0.25, 0.3) is 12.9 Å². The van der Waals surface area contributed by atoms with Gasteiger partial charge < -0.3 is 18.3 Å². The van der Waals surface area contributed by atoms with Gasteiger partial charge in [-0.15, -0.1) is 0 Å². The molecule has 0 aliphatic rings. The Balaban J connectivity index is 5.33. The zero-order valence-corrected chi connectivity index (χ0v) is 15.6. The maximum absolute atomic E-state index is 12.1. The van der Waals surface area contributed by atoms with Gasteiger partial charge in [0.15, 0.2) is 0 Å². The van der Waals surface area contributed by atoms with Crippen molar-refractivity contribution >= 4 is 41.5 Å². The molecule has 2 unspecified atom stereocenters. The molecule has 0 saturated carbocycles. The Hall–Kier alpha value is -1.69. The standard InChI is InChI=1S/C12H22O8Si2/c1-21(2,3)19-11(15)9(17-7-13)10(18-8-14)12(16)20-22(4,5)6/h7-10H,1-6H3. The summed E-state index contributed by atoms with van der Waals surface area (Å²) in [4.78, 5) is 45.3. The van der Waals surface area contributed by atoms with Gasteiger partial charge in [-0.05, 0) is 39.3 Å². The second-order valence-electron chi connectivity index (χ2n) is 6.37. The molecule has 0 heterocycles. The smallest absolute Gasteiger partial charge is 0.338 e. The van der Waals surface area contributed by atoms with E-state index in [1.807, 2.05) is 0 Å². The highest BCUT2D eigenvalue weighted by Gasteiger charge is 2.42.